The fourth-order valence-corrected chi connectivity index (χ4v) is 3.98. The molecule has 2 aliphatic carbocycles. The number of aliphatic hydroxyl groups excluding tert-OH is 1. The number of hydrogen-bond donors (Lipinski definition) is 1. The summed E-state index contributed by atoms with van der Waals surface area (Å²) in [6.07, 6.45) is 6.66. The Hall–Kier alpha value is 0.300. The van der Waals surface area contributed by atoms with Gasteiger partial charge in [0.05, 0.1) is 12.2 Å². The molecular weight excluding hydrogens is 227 g/mol. The third kappa shape index (κ3) is 2.27. The van der Waals surface area contributed by atoms with Gasteiger partial charge in [0.25, 0.3) is 0 Å². The monoisotopic (exact) mass is 246 g/mol. The zero-order valence-electron chi connectivity index (χ0n) is 10.7. The van der Waals surface area contributed by atoms with Gasteiger partial charge in [-0.25, -0.2) is 0 Å². The molecule has 0 amide bonds. The van der Waals surface area contributed by atoms with E-state index in [0.29, 0.717) is 5.92 Å². The molecule has 3 nitrogen and oxygen atoms in total. The van der Waals surface area contributed by atoms with E-state index in [4.69, 9.17) is 4.74 Å². The van der Waals surface area contributed by atoms with Gasteiger partial charge in [-0.3, -0.25) is 11.2 Å². The zero-order valence-corrected chi connectivity index (χ0v) is 12.7. The largest absolute Gasteiger partial charge is 1.00 e. The Balaban J connectivity index is 0.00000108. The van der Waals surface area contributed by atoms with Crippen LogP contribution in [-0.4, -0.2) is 23.3 Å². The average molecular weight is 246 g/mol. The van der Waals surface area contributed by atoms with Crippen LogP contribution in [0.25, 0.3) is 0 Å². The van der Waals surface area contributed by atoms with E-state index in [2.05, 4.69) is 6.92 Å². The molecule has 5 atom stereocenters. The van der Waals surface area contributed by atoms with Crippen LogP contribution in [0.3, 0.4) is 0 Å². The molecule has 0 radical (unpaired) electrons. The average Bonchev–Trinajstić information content (AvgIpc) is 2.54. The Kier molecular flexibility index (Phi) is 3.85. The van der Waals surface area contributed by atoms with E-state index in [1.807, 2.05) is 0 Å². The smallest absolute Gasteiger partial charge is 0.487 e. The first-order valence-corrected chi connectivity index (χ1v) is 6.32. The molecule has 0 unspecified atom stereocenters. The van der Waals surface area contributed by atoms with Crippen LogP contribution in [0.15, 0.2) is 0 Å². The van der Waals surface area contributed by atoms with Gasteiger partial charge in [-0.15, -0.1) is 5.92 Å². The summed E-state index contributed by atoms with van der Waals surface area (Å²) < 4.78 is 5.34. The van der Waals surface area contributed by atoms with Crippen molar-refractivity contribution in [2.45, 2.75) is 51.2 Å². The molecule has 2 saturated carbocycles. The first kappa shape index (κ1) is 13.7. The summed E-state index contributed by atoms with van der Waals surface area (Å²) in [5.74, 6) is 0.443. The molecule has 0 aromatic carbocycles. The number of aliphatic hydroxyl groups is 1. The van der Waals surface area contributed by atoms with E-state index in [9.17, 15) is 9.90 Å². The number of hydrogen-bond acceptors (Lipinski definition) is 3. The van der Waals surface area contributed by atoms with Crippen molar-refractivity contribution in [3.63, 3.8) is 0 Å². The Morgan fingerprint density at radius 2 is 2.29 bits per heavy atom. The van der Waals surface area contributed by atoms with Crippen LogP contribution in [0, 0.1) is 23.7 Å². The van der Waals surface area contributed by atoms with Crippen molar-refractivity contribution >= 4 is 5.97 Å². The molecule has 0 aromatic heterocycles. The van der Waals surface area contributed by atoms with Crippen molar-refractivity contribution in [3.8, 4) is 0 Å². The predicted octanol–water partition coefficient (Wildman–Crippen LogP) is -1.30. The Bertz CT molecular complexity index is 320. The first-order chi connectivity index (χ1) is 7.58. The van der Waals surface area contributed by atoms with Gasteiger partial charge in [-0.1, -0.05) is 19.8 Å². The number of ether oxygens (including phenoxy) is 1. The van der Waals surface area contributed by atoms with Gasteiger partial charge in [-0.05, 0) is 30.6 Å². The molecule has 3 fully saturated rings. The van der Waals surface area contributed by atoms with Gasteiger partial charge in [0.15, 0.2) is 5.97 Å². The third-order valence-corrected chi connectivity index (χ3v) is 4.90. The summed E-state index contributed by atoms with van der Waals surface area (Å²) in [4.78, 5) is 11.3. The molecule has 1 N–H and O–H groups in total. The second kappa shape index (κ2) is 4.76. The normalized spacial score (nSPS) is 48.2. The van der Waals surface area contributed by atoms with Crippen molar-refractivity contribution in [1.29, 1.82) is 0 Å². The molecule has 0 bridgehead atoms. The quantitative estimate of drug-likeness (QED) is 0.328. The number of rotatable bonds is 0. The molecule has 1 saturated heterocycles. The van der Waals surface area contributed by atoms with Crippen LogP contribution in [0.1, 0.15) is 39.0 Å². The topological polar surface area (TPSA) is 46.5 Å². The molecular formula is C13H19NaO3. The van der Waals surface area contributed by atoms with E-state index in [1.165, 1.54) is 0 Å². The van der Waals surface area contributed by atoms with E-state index >= 15 is 0 Å². The van der Waals surface area contributed by atoms with E-state index in [0.717, 1.165) is 32.1 Å². The minimum Gasteiger partial charge on any atom is -0.487 e. The second-order valence-corrected chi connectivity index (χ2v) is 5.97. The maximum atomic E-state index is 11.3. The molecule has 4 heteroatoms. The minimum absolute atomic E-state index is 0. The standard InChI is InChI=1S/C13H19O3.Na/c1-13-4-2-3-10(14)9(13)5-8-6-12(15)16-11(8)7-13;/h6,8-11,14H,2-5,7H2,1H3;/q-1;+1/t8-,9+,10+,11-,13-;/m1./s1. The Morgan fingerprint density at radius 1 is 1.53 bits per heavy atom. The molecule has 3 rings (SSSR count). The molecule has 1 heterocycles. The zero-order chi connectivity index (χ0) is 11.3. The van der Waals surface area contributed by atoms with Crippen LogP contribution in [-0.2, 0) is 9.53 Å². The molecule has 0 spiro atoms. The molecule has 0 aromatic rings. The van der Waals surface area contributed by atoms with Crippen molar-refractivity contribution in [1.82, 2.24) is 0 Å². The summed E-state index contributed by atoms with van der Waals surface area (Å²) in [7, 11) is 0. The van der Waals surface area contributed by atoms with Crippen molar-refractivity contribution in [2.24, 2.45) is 17.3 Å². The van der Waals surface area contributed by atoms with Crippen LogP contribution < -0.4 is 29.6 Å². The SMILES string of the molecule is C[C@]12CCC[C@H](O)[C@@H]1C[C@@H]1[CH-]C(=O)O[C@@H]1C2.[Na+]. The maximum Gasteiger partial charge on any atom is 1.00 e. The van der Waals surface area contributed by atoms with Gasteiger partial charge in [0, 0.05) is 0 Å². The summed E-state index contributed by atoms with van der Waals surface area (Å²) in [6.45, 7) is 2.25. The summed E-state index contributed by atoms with van der Waals surface area (Å²) in [5.41, 5.74) is 0.178. The summed E-state index contributed by atoms with van der Waals surface area (Å²) >= 11 is 0. The Labute approximate surface area is 125 Å². The van der Waals surface area contributed by atoms with E-state index in [-0.39, 0.29) is 59.1 Å². The summed E-state index contributed by atoms with van der Waals surface area (Å²) in [5, 5.41) is 10.1. The molecule has 90 valence electrons. The first-order valence-electron chi connectivity index (χ1n) is 6.32. The fourth-order valence-electron chi connectivity index (χ4n) is 3.98. The second-order valence-electron chi connectivity index (χ2n) is 5.97. The number of carbonyl (C=O) groups excluding carboxylic acids is 1. The maximum absolute atomic E-state index is 11.3. The van der Waals surface area contributed by atoms with Gasteiger partial charge >= 0.3 is 29.6 Å². The predicted molar refractivity (Wildman–Crippen MR) is 58.4 cm³/mol. The van der Waals surface area contributed by atoms with Crippen molar-refractivity contribution in [3.05, 3.63) is 6.42 Å². The Morgan fingerprint density at radius 3 is 3.06 bits per heavy atom. The van der Waals surface area contributed by atoms with Gasteiger partial charge < -0.3 is 9.84 Å². The van der Waals surface area contributed by atoms with Crippen LogP contribution in [0.2, 0.25) is 0 Å². The van der Waals surface area contributed by atoms with Gasteiger partial charge in [0.2, 0.25) is 0 Å². The van der Waals surface area contributed by atoms with Crippen LogP contribution in [0.4, 0.5) is 0 Å². The molecule has 1 aliphatic heterocycles. The van der Waals surface area contributed by atoms with Crippen LogP contribution in [0.5, 0.6) is 0 Å². The number of fused-ring (bicyclic) bond motifs is 2. The third-order valence-electron chi connectivity index (χ3n) is 4.90. The van der Waals surface area contributed by atoms with E-state index < -0.39 is 0 Å². The van der Waals surface area contributed by atoms with Crippen LogP contribution >= 0.6 is 0 Å². The molecule has 3 aliphatic rings. The van der Waals surface area contributed by atoms with Gasteiger partial charge in [-0.2, -0.15) is 0 Å². The minimum atomic E-state index is -0.177. The molecule has 17 heavy (non-hydrogen) atoms. The van der Waals surface area contributed by atoms with Crippen molar-refractivity contribution < 1.29 is 44.2 Å². The fraction of sp³-hybridized carbons (Fsp3) is 0.846. The number of esters is 1. The summed E-state index contributed by atoms with van der Waals surface area (Å²) in [6, 6.07) is 0. The van der Waals surface area contributed by atoms with Crippen molar-refractivity contribution in [2.75, 3.05) is 0 Å². The van der Waals surface area contributed by atoms with Gasteiger partial charge in [0.1, 0.15) is 0 Å². The van der Waals surface area contributed by atoms with E-state index in [1.54, 1.807) is 6.42 Å². The number of carbonyl (C=O) groups is 1.